The van der Waals surface area contributed by atoms with Crippen LogP contribution in [0, 0.1) is 0 Å². The van der Waals surface area contributed by atoms with E-state index in [9.17, 15) is 0 Å². The van der Waals surface area contributed by atoms with Crippen LogP contribution in [0.5, 0.6) is 5.75 Å². The Bertz CT molecular complexity index is 360. The van der Waals surface area contributed by atoms with Crippen LogP contribution < -0.4 is 10.1 Å². The molecule has 1 unspecified atom stereocenters. The van der Waals surface area contributed by atoms with Gasteiger partial charge >= 0.3 is 0 Å². The van der Waals surface area contributed by atoms with Crippen LogP contribution in [0.3, 0.4) is 0 Å². The van der Waals surface area contributed by atoms with Crippen molar-refractivity contribution in [3.8, 4) is 5.75 Å². The number of benzene rings is 1. The van der Waals surface area contributed by atoms with Gasteiger partial charge in [-0.3, -0.25) is 0 Å². The van der Waals surface area contributed by atoms with Crippen molar-refractivity contribution in [2.24, 2.45) is 0 Å². The molecule has 1 rings (SSSR count). The maximum atomic E-state index is 5.40. The normalized spacial score (nSPS) is 13.3. The third-order valence-corrected chi connectivity index (χ3v) is 3.45. The highest BCUT2D eigenvalue weighted by molar-refractivity contribution is 5.27. The highest BCUT2D eigenvalue weighted by Gasteiger charge is 2.16. The minimum Gasteiger partial charge on any atom is -0.497 e. The molecule has 0 fully saturated rings. The van der Waals surface area contributed by atoms with Gasteiger partial charge in [-0.25, -0.2) is 0 Å². The van der Waals surface area contributed by atoms with Gasteiger partial charge in [0.1, 0.15) is 5.75 Å². The third-order valence-electron chi connectivity index (χ3n) is 3.45. The van der Waals surface area contributed by atoms with Crippen molar-refractivity contribution in [2.75, 3.05) is 20.8 Å². The van der Waals surface area contributed by atoms with Gasteiger partial charge in [-0.2, -0.15) is 0 Å². The molecule has 3 nitrogen and oxygen atoms in total. The van der Waals surface area contributed by atoms with E-state index in [1.807, 2.05) is 12.1 Å². The largest absolute Gasteiger partial charge is 0.497 e. The fraction of sp³-hybridized carbons (Fsp3) is 0.625. The maximum absolute atomic E-state index is 5.40. The summed E-state index contributed by atoms with van der Waals surface area (Å²) in [6, 6.07) is 8.77. The molecule has 0 aromatic heterocycles. The number of hydrogen-bond acceptors (Lipinski definition) is 3. The Morgan fingerprint density at radius 3 is 2.32 bits per heavy atom. The quantitative estimate of drug-likeness (QED) is 0.783. The zero-order valence-corrected chi connectivity index (χ0v) is 12.8. The lowest BCUT2D eigenvalue weighted by Crippen LogP contribution is -2.40. The second-order valence-electron chi connectivity index (χ2n) is 5.63. The van der Waals surface area contributed by atoms with E-state index in [1.165, 1.54) is 5.56 Å². The fourth-order valence-corrected chi connectivity index (χ4v) is 1.77. The summed E-state index contributed by atoms with van der Waals surface area (Å²) in [5, 5.41) is 3.52. The van der Waals surface area contributed by atoms with Gasteiger partial charge in [0.25, 0.3) is 0 Å². The molecule has 0 aliphatic carbocycles. The number of methoxy groups -OCH3 is 2. The molecular weight excluding hydrogens is 238 g/mol. The molecule has 0 spiro atoms. The zero-order chi connectivity index (χ0) is 14.3. The molecular formula is C16H27NO2. The van der Waals surface area contributed by atoms with Crippen LogP contribution in [0.15, 0.2) is 24.3 Å². The van der Waals surface area contributed by atoms with Gasteiger partial charge in [-0.1, -0.05) is 12.1 Å². The summed E-state index contributed by atoms with van der Waals surface area (Å²) in [5.41, 5.74) is 1.24. The Hall–Kier alpha value is -1.06. The van der Waals surface area contributed by atoms with E-state index >= 15 is 0 Å². The highest BCUT2D eigenvalue weighted by Crippen LogP contribution is 2.13. The van der Waals surface area contributed by atoms with Crippen molar-refractivity contribution in [2.45, 2.75) is 45.3 Å². The summed E-state index contributed by atoms with van der Waals surface area (Å²) in [4.78, 5) is 0. The second kappa shape index (κ2) is 7.51. The van der Waals surface area contributed by atoms with Gasteiger partial charge in [0.15, 0.2) is 0 Å². The van der Waals surface area contributed by atoms with Crippen LogP contribution in [0.1, 0.15) is 32.8 Å². The molecule has 0 saturated carbocycles. The minimum absolute atomic E-state index is 0.103. The zero-order valence-electron chi connectivity index (χ0n) is 12.8. The van der Waals surface area contributed by atoms with Gasteiger partial charge in [0, 0.05) is 19.7 Å². The Labute approximate surface area is 117 Å². The molecule has 0 bridgehead atoms. The number of hydrogen-bond donors (Lipinski definition) is 1. The van der Waals surface area contributed by atoms with Crippen molar-refractivity contribution < 1.29 is 9.47 Å². The summed E-state index contributed by atoms with van der Waals surface area (Å²) >= 11 is 0. The molecule has 0 aliphatic heterocycles. The van der Waals surface area contributed by atoms with Crippen molar-refractivity contribution in [1.82, 2.24) is 5.32 Å². The SMILES string of the molecule is COc1ccc(CCC(C)NCC(C)(C)OC)cc1. The Kier molecular flexibility index (Phi) is 6.32. The first-order chi connectivity index (χ1) is 8.96. The third kappa shape index (κ3) is 6.08. The second-order valence-corrected chi connectivity index (χ2v) is 5.63. The first kappa shape index (κ1) is 16.0. The highest BCUT2D eigenvalue weighted by atomic mass is 16.5. The molecule has 1 aromatic rings. The lowest BCUT2D eigenvalue weighted by molar-refractivity contribution is 0.0213. The predicted molar refractivity (Wildman–Crippen MR) is 79.9 cm³/mol. The fourth-order valence-electron chi connectivity index (χ4n) is 1.77. The van der Waals surface area contributed by atoms with Gasteiger partial charge in [-0.05, 0) is 51.3 Å². The molecule has 0 aliphatic rings. The summed E-state index contributed by atoms with van der Waals surface area (Å²) in [7, 11) is 3.45. The van der Waals surface area contributed by atoms with E-state index in [2.05, 4.69) is 38.2 Å². The van der Waals surface area contributed by atoms with Crippen LogP contribution in [-0.4, -0.2) is 32.4 Å². The summed E-state index contributed by atoms with van der Waals surface area (Å²) in [6.07, 6.45) is 2.19. The molecule has 1 atom stereocenters. The standard InChI is InChI=1S/C16H27NO2/c1-13(17-12-16(2,3)19-5)6-7-14-8-10-15(18-4)11-9-14/h8-11,13,17H,6-7,12H2,1-5H3. The summed E-state index contributed by atoms with van der Waals surface area (Å²) < 4.78 is 10.6. The minimum atomic E-state index is -0.103. The van der Waals surface area contributed by atoms with Gasteiger partial charge in [0.05, 0.1) is 12.7 Å². The molecule has 0 radical (unpaired) electrons. The number of nitrogens with one attached hydrogen (secondary N) is 1. The maximum Gasteiger partial charge on any atom is 0.118 e. The number of ether oxygens (including phenoxy) is 2. The first-order valence-corrected chi connectivity index (χ1v) is 6.88. The van der Waals surface area contributed by atoms with Crippen LogP contribution in [0.4, 0.5) is 0 Å². The number of aryl methyl sites for hydroxylation is 1. The van der Waals surface area contributed by atoms with Crippen LogP contribution in [0.25, 0.3) is 0 Å². The summed E-state index contributed by atoms with van der Waals surface area (Å²) in [5.74, 6) is 0.914. The average Bonchev–Trinajstić information content (AvgIpc) is 2.43. The topological polar surface area (TPSA) is 30.5 Å². The predicted octanol–water partition coefficient (Wildman–Crippen LogP) is 3.03. The molecule has 1 N–H and O–H groups in total. The van der Waals surface area contributed by atoms with E-state index in [0.29, 0.717) is 6.04 Å². The smallest absolute Gasteiger partial charge is 0.118 e. The summed E-state index contributed by atoms with van der Waals surface area (Å²) in [6.45, 7) is 7.27. The lowest BCUT2D eigenvalue weighted by Gasteiger charge is -2.25. The van der Waals surface area contributed by atoms with E-state index < -0.39 is 0 Å². The van der Waals surface area contributed by atoms with Gasteiger partial charge in [-0.15, -0.1) is 0 Å². The van der Waals surface area contributed by atoms with E-state index in [1.54, 1.807) is 14.2 Å². The van der Waals surface area contributed by atoms with Crippen molar-refractivity contribution in [1.29, 1.82) is 0 Å². The molecule has 108 valence electrons. The van der Waals surface area contributed by atoms with E-state index in [-0.39, 0.29) is 5.60 Å². The van der Waals surface area contributed by atoms with Gasteiger partial charge < -0.3 is 14.8 Å². The monoisotopic (exact) mass is 265 g/mol. The van der Waals surface area contributed by atoms with Crippen molar-refractivity contribution in [3.05, 3.63) is 29.8 Å². The Balaban J connectivity index is 2.31. The van der Waals surface area contributed by atoms with E-state index in [0.717, 1.165) is 25.1 Å². The molecule has 0 amide bonds. The Morgan fingerprint density at radius 1 is 1.16 bits per heavy atom. The number of rotatable bonds is 8. The van der Waals surface area contributed by atoms with Crippen LogP contribution in [0.2, 0.25) is 0 Å². The van der Waals surface area contributed by atoms with Crippen molar-refractivity contribution >= 4 is 0 Å². The molecule has 19 heavy (non-hydrogen) atoms. The average molecular weight is 265 g/mol. The molecule has 0 heterocycles. The van der Waals surface area contributed by atoms with Gasteiger partial charge in [0.2, 0.25) is 0 Å². The van der Waals surface area contributed by atoms with E-state index in [4.69, 9.17) is 9.47 Å². The van der Waals surface area contributed by atoms with Crippen LogP contribution >= 0.6 is 0 Å². The van der Waals surface area contributed by atoms with Crippen molar-refractivity contribution in [3.63, 3.8) is 0 Å². The molecule has 0 saturated heterocycles. The van der Waals surface area contributed by atoms with Crippen LogP contribution in [-0.2, 0) is 11.2 Å². The molecule has 3 heteroatoms. The first-order valence-electron chi connectivity index (χ1n) is 6.88. The Morgan fingerprint density at radius 2 is 1.79 bits per heavy atom. The lowest BCUT2D eigenvalue weighted by atomic mass is 10.0. The molecule has 1 aromatic carbocycles.